The van der Waals surface area contributed by atoms with E-state index in [1.807, 2.05) is 19.9 Å². The van der Waals surface area contributed by atoms with Crippen LogP contribution >= 0.6 is 0 Å². The fourth-order valence-electron chi connectivity index (χ4n) is 3.53. The zero-order valence-electron chi connectivity index (χ0n) is 13.1. The number of aryl methyl sites for hydroxylation is 2. The largest absolute Gasteiger partial charge is 0.460 e. The summed E-state index contributed by atoms with van der Waals surface area (Å²) in [7, 11) is 0. The summed E-state index contributed by atoms with van der Waals surface area (Å²) in [6.45, 7) is 5.89. The van der Waals surface area contributed by atoms with E-state index in [1.54, 1.807) is 0 Å². The van der Waals surface area contributed by atoms with Gasteiger partial charge in [0.25, 0.3) is 5.91 Å². The molecule has 0 aliphatic carbocycles. The van der Waals surface area contributed by atoms with Gasteiger partial charge < -0.3 is 20.4 Å². The molecule has 6 nitrogen and oxygen atoms in total. The Morgan fingerprint density at radius 3 is 2.77 bits per heavy atom. The molecular formula is C16H23N3O3. The van der Waals surface area contributed by atoms with Crippen LogP contribution in [0.4, 0.5) is 0 Å². The van der Waals surface area contributed by atoms with Gasteiger partial charge in [-0.25, -0.2) is 0 Å². The second-order valence-corrected chi connectivity index (χ2v) is 6.46. The number of amides is 1. The predicted molar refractivity (Wildman–Crippen MR) is 81.6 cm³/mol. The third-order valence-corrected chi connectivity index (χ3v) is 4.77. The van der Waals surface area contributed by atoms with Gasteiger partial charge >= 0.3 is 5.97 Å². The number of rotatable bonds is 3. The summed E-state index contributed by atoms with van der Waals surface area (Å²) in [5, 5.41) is 6.16. The Bertz CT molecular complexity index is 587. The molecule has 3 rings (SSSR count). The molecule has 3 heterocycles. The van der Waals surface area contributed by atoms with Crippen LogP contribution in [0.1, 0.15) is 41.0 Å². The Labute approximate surface area is 130 Å². The molecule has 2 aliphatic heterocycles. The van der Waals surface area contributed by atoms with Crippen molar-refractivity contribution < 1.29 is 14.3 Å². The van der Waals surface area contributed by atoms with Gasteiger partial charge in [0.15, 0.2) is 0 Å². The SMILES string of the molecule is Cc1cc(C(=O)NCC2CC3(CCNCC3)C(=O)O2)c(C)[nH]1. The second kappa shape index (κ2) is 5.76. The Hall–Kier alpha value is -1.82. The number of piperidine rings is 1. The van der Waals surface area contributed by atoms with Gasteiger partial charge in [0.1, 0.15) is 6.10 Å². The first-order valence-electron chi connectivity index (χ1n) is 7.86. The van der Waals surface area contributed by atoms with Crippen molar-refractivity contribution in [3.63, 3.8) is 0 Å². The summed E-state index contributed by atoms with van der Waals surface area (Å²) < 4.78 is 5.49. The second-order valence-electron chi connectivity index (χ2n) is 6.46. The molecule has 0 radical (unpaired) electrons. The van der Waals surface area contributed by atoms with E-state index in [0.29, 0.717) is 18.5 Å². The van der Waals surface area contributed by atoms with Gasteiger partial charge in [-0.1, -0.05) is 0 Å². The van der Waals surface area contributed by atoms with Crippen LogP contribution in [-0.4, -0.2) is 42.6 Å². The molecule has 2 aliphatic rings. The van der Waals surface area contributed by atoms with Crippen LogP contribution in [0.5, 0.6) is 0 Å². The van der Waals surface area contributed by atoms with Crippen LogP contribution in [0, 0.1) is 19.3 Å². The maximum absolute atomic E-state index is 12.2. The van der Waals surface area contributed by atoms with Crippen LogP contribution in [-0.2, 0) is 9.53 Å². The number of nitrogens with one attached hydrogen (secondary N) is 3. The van der Waals surface area contributed by atoms with Gasteiger partial charge in [-0.2, -0.15) is 0 Å². The molecule has 3 N–H and O–H groups in total. The molecule has 1 aromatic heterocycles. The lowest BCUT2D eigenvalue weighted by molar-refractivity contribution is -0.149. The first kappa shape index (κ1) is 15.1. The minimum absolute atomic E-state index is 0.0954. The Kier molecular flexibility index (Phi) is 3.95. The maximum atomic E-state index is 12.2. The lowest BCUT2D eigenvalue weighted by atomic mass is 9.76. The molecular weight excluding hydrogens is 282 g/mol. The molecule has 0 bridgehead atoms. The maximum Gasteiger partial charge on any atom is 0.312 e. The average Bonchev–Trinajstić information content (AvgIpc) is 2.98. The lowest BCUT2D eigenvalue weighted by Crippen LogP contribution is -2.39. The molecule has 22 heavy (non-hydrogen) atoms. The average molecular weight is 305 g/mol. The van der Waals surface area contributed by atoms with Crippen molar-refractivity contribution in [1.82, 2.24) is 15.6 Å². The zero-order valence-corrected chi connectivity index (χ0v) is 13.1. The summed E-state index contributed by atoms with van der Waals surface area (Å²) in [6.07, 6.45) is 2.15. The van der Waals surface area contributed by atoms with Crippen molar-refractivity contribution in [3.05, 3.63) is 23.0 Å². The highest BCUT2D eigenvalue weighted by molar-refractivity contribution is 5.95. The third kappa shape index (κ3) is 2.75. The smallest absolute Gasteiger partial charge is 0.312 e. The molecule has 0 aromatic carbocycles. The molecule has 1 aromatic rings. The molecule has 0 saturated carbocycles. The van der Waals surface area contributed by atoms with Gasteiger partial charge in [-0.3, -0.25) is 9.59 Å². The highest BCUT2D eigenvalue weighted by Crippen LogP contribution is 2.41. The lowest BCUT2D eigenvalue weighted by Gasteiger charge is -2.29. The van der Waals surface area contributed by atoms with E-state index in [2.05, 4.69) is 15.6 Å². The van der Waals surface area contributed by atoms with Gasteiger partial charge in [-0.05, 0) is 45.8 Å². The fourth-order valence-corrected chi connectivity index (χ4v) is 3.53. The number of aromatic amines is 1. The molecule has 1 unspecified atom stereocenters. The number of carbonyl (C=O) groups excluding carboxylic acids is 2. The molecule has 2 fully saturated rings. The van der Waals surface area contributed by atoms with Crippen molar-refractivity contribution in [1.29, 1.82) is 0 Å². The van der Waals surface area contributed by atoms with Gasteiger partial charge in [0.05, 0.1) is 17.5 Å². The number of esters is 1. The molecule has 1 atom stereocenters. The third-order valence-electron chi connectivity index (χ3n) is 4.77. The van der Waals surface area contributed by atoms with Crippen molar-refractivity contribution in [2.75, 3.05) is 19.6 Å². The minimum Gasteiger partial charge on any atom is -0.460 e. The first-order chi connectivity index (χ1) is 10.5. The molecule has 1 spiro atoms. The molecule has 1 amide bonds. The Morgan fingerprint density at radius 1 is 1.41 bits per heavy atom. The van der Waals surface area contributed by atoms with Crippen LogP contribution < -0.4 is 10.6 Å². The van der Waals surface area contributed by atoms with E-state index < -0.39 is 0 Å². The molecule has 120 valence electrons. The van der Waals surface area contributed by atoms with Crippen LogP contribution in [0.2, 0.25) is 0 Å². The van der Waals surface area contributed by atoms with Gasteiger partial charge in [-0.15, -0.1) is 0 Å². The number of H-pyrrole nitrogens is 1. The van der Waals surface area contributed by atoms with Crippen molar-refractivity contribution in [2.24, 2.45) is 5.41 Å². The predicted octanol–water partition coefficient (Wildman–Crippen LogP) is 1.05. The fraction of sp³-hybridized carbons (Fsp3) is 0.625. The van der Waals surface area contributed by atoms with E-state index in [-0.39, 0.29) is 23.4 Å². The van der Waals surface area contributed by atoms with E-state index in [1.165, 1.54) is 0 Å². The van der Waals surface area contributed by atoms with Crippen molar-refractivity contribution in [2.45, 2.75) is 39.2 Å². The van der Waals surface area contributed by atoms with Crippen molar-refractivity contribution in [3.8, 4) is 0 Å². The first-order valence-corrected chi connectivity index (χ1v) is 7.86. The number of hydrogen-bond acceptors (Lipinski definition) is 4. The minimum atomic E-state index is -0.332. The topological polar surface area (TPSA) is 83.2 Å². The van der Waals surface area contributed by atoms with E-state index in [0.717, 1.165) is 37.3 Å². The van der Waals surface area contributed by atoms with E-state index in [4.69, 9.17) is 4.74 Å². The Morgan fingerprint density at radius 2 is 2.14 bits per heavy atom. The van der Waals surface area contributed by atoms with E-state index in [9.17, 15) is 9.59 Å². The number of hydrogen-bond donors (Lipinski definition) is 3. The monoisotopic (exact) mass is 305 g/mol. The summed E-state index contributed by atoms with van der Waals surface area (Å²) in [6, 6.07) is 1.83. The highest BCUT2D eigenvalue weighted by Gasteiger charge is 2.49. The summed E-state index contributed by atoms with van der Waals surface area (Å²) in [5.74, 6) is -0.217. The Balaban J connectivity index is 1.57. The zero-order chi connectivity index (χ0) is 15.7. The molecule has 2 saturated heterocycles. The van der Waals surface area contributed by atoms with Crippen molar-refractivity contribution >= 4 is 11.9 Å². The number of carbonyl (C=O) groups is 2. The highest BCUT2D eigenvalue weighted by atomic mass is 16.6. The summed E-state index contributed by atoms with van der Waals surface area (Å²) >= 11 is 0. The number of cyclic esters (lactones) is 1. The summed E-state index contributed by atoms with van der Waals surface area (Å²) in [5.41, 5.74) is 2.14. The quantitative estimate of drug-likeness (QED) is 0.729. The number of aromatic nitrogens is 1. The molecule has 6 heteroatoms. The van der Waals surface area contributed by atoms with E-state index >= 15 is 0 Å². The van der Waals surface area contributed by atoms with Crippen LogP contribution in [0.3, 0.4) is 0 Å². The number of ether oxygens (including phenoxy) is 1. The standard InChI is InChI=1S/C16H23N3O3/c1-10-7-13(11(2)19-10)14(20)18-9-12-8-16(15(21)22-12)3-5-17-6-4-16/h7,12,17,19H,3-6,8-9H2,1-2H3,(H,18,20). The van der Waals surface area contributed by atoms with Gasteiger partial charge in [0.2, 0.25) is 0 Å². The van der Waals surface area contributed by atoms with Gasteiger partial charge in [0, 0.05) is 17.8 Å². The van der Waals surface area contributed by atoms with Crippen LogP contribution in [0.15, 0.2) is 6.07 Å². The van der Waals surface area contributed by atoms with Crippen LogP contribution in [0.25, 0.3) is 0 Å². The normalized spacial score (nSPS) is 23.5. The summed E-state index contributed by atoms with van der Waals surface area (Å²) in [4.78, 5) is 27.5.